The number of nitrogens with one attached hydrogen (secondary N) is 1. The van der Waals surface area contributed by atoms with Crippen molar-refractivity contribution in [1.29, 1.82) is 0 Å². The Morgan fingerprint density at radius 1 is 0.971 bits per heavy atom. The Morgan fingerprint density at radius 3 is 2.29 bits per heavy atom. The zero-order valence-electron chi connectivity index (χ0n) is 18.3. The molecule has 9 heteroatoms. The first-order chi connectivity index (χ1) is 16.5. The molecule has 5 rings (SSSR count). The van der Waals surface area contributed by atoms with Crippen LogP contribution in [0.2, 0.25) is 0 Å². The molecule has 170 valence electrons. The van der Waals surface area contributed by atoms with E-state index in [0.717, 1.165) is 15.1 Å². The van der Waals surface area contributed by atoms with E-state index in [1.807, 2.05) is 24.3 Å². The van der Waals surface area contributed by atoms with Gasteiger partial charge in [0.25, 0.3) is 17.7 Å². The predicted molar refractivity (Wildman–Crippen MR) is 128 cm³/mol. The molecule has 0 spiro atoms. The van der Waals surface area contributed by atoms with Gasteiger partial charge < -0.3 is 9.47 Å². The second kappa shape index (κ2) is 8.60. The summed E-state index contributed by atoms with van der Waals surface area (Å²) < 4.78 is 11.9. The minimum Gasteiger partial charge on any atom is -0.493 e. The van der Waals surface area contributed by atoms with Crippen LogP contribution >= 0.6 is 11.3 Å². The molecule has 0 radical (unpaired) electrons. The maximum Gasteiger partial charge on any atom is 0.261 e. The lowest BCUT2D eigenvalue weighted by Crippen LogP contribution is -2.29. The number of imide groups is 1. The third-order valence-corrected chi connectivity index (χ3v) is 6.49. The maximum absolute atomic E-state index is 13.1. The molecule has 0 fully saturated rings. The normalized spacial score (nSPS) is 12.7. The Balaban J connectivity index is 1.47. The first-order valence-corrected chi connectivity index (χ1v) is 11.2. The molecule has 2 heterocycles. The lowest BCUT2D eigenvalue weighted by Gasteiger charge is -2.19. The molecule has 3 amide bonds. The van der Waals surface area contributed by atoms with Gasteiger partial charge in [-0.2, -0.15) is 0 Å². The van der Waals surface area contributed by atoms with Crippen LogP contribution in [0.25, 0.3) is 10.2 Å². The van der Waals surface area contributed by atoms with Gasteiger partial charge in [0.2, 0.25) is 0 Å². The van der Waals surface area contributed by atoms with E-state index in [1.165, 1.54) is 25.6 Å². The summed E-state index contributed by atoms with van der Waals surface area (Å²) in [5.41, 5.74) is 2.24. The van der Waals surface area contributed by atoms with Crippen molar-refractivity contribution < 1.29 is 23.9 Å². The molecule has 0 atom stereocenters. The molecule has 1 aliphatic rings. The minimum atomic E-state index is -0.399. The number of methoxy groups -OCH3 is 2. The van der Waals surface area contributed by atoms with Crippen molar-refractivity contribution >= 4 is 44.4 Å². The fourth-order valence-electron chi connectivity index (χ4n) is 3.94. The molecule has 0 unspecified atom stereocenters. The van der Waals surface area contributed by atoms with E-state index < -0.39 is 17.7 Å². The number of amides is 3. The number of anilines is 1. The zero-order valence-corrected chi connectivity index (χ0v) is 19.1. The number of fused-ring (bicyclic) bond motifs is 2. The van der Waals surface area contributed by atoms with Gasteiger partial charge in [-0.1, -0.05) is 35.6 Å². The summed E-state index contributed by atoms with van der Waals surface area (Å²) in [6.07, 6.45) is 0. The van der Waals surface area contributed by atoms with E-state index in [2.05, 4.69) is 10.3 Å². The van der Waals surface area contributed by atoms with Gasteiger partial charge in [0, 0.05) is 11.1 Å². The SMILES string of the molecule is COc1cc(C(=O)Nc2nc3ccccc3s2)cc(CN2C(=O)c3ccccc3C2=O)c1OC. The summed E-state index contributed by atoms with van der Waals surface area (Å²) in [7, 11) is 2.92. The standard InChI is InChI=1S/C25H19N3O5S/c1-32-19-12-14(22(29)27-25-26-18-9-5-6-10-20(18)34-25)11-15(21(19)33-2)13-28-23(30)16-7-3-4-8-17(16)24(28)31/h3-12H,13H2,1-2H3,(H,26,27,29). The molecule has 0 bridgehead atoms. The summed E-state index contributed by atoms with van der Waals surface area (Å²) in [6.45, 7) is -0.0753. The van der Waals surface area contributed by atoms with Crippen LogP contribution in [0.5, 0.6) is 11.5 Å². The molecule has 1 N–H and O–H groups in total. The van der Waals surface area contributed by atoms with Crippen molar-refractivity contribution in [2.75, 3.05) is 19.5 Å². The summed E-state index contributed by atoms with van der Waals surface area (Å²) in [5, 5.41) is 3.27. The summed E-state index contributed by atoms with van der Waals surface area (Å²) >= 11 is 1.37. The lowest BCUT2D eigenvalue weighted by molar-refractivity contribution is 0.0641. The van der Waals surface area contributed by atoms with E-state index in [9.17, 15) is 14.4 Å². The first-order valence-electron chi connectivity index (χ1n) is 10.4. The number of thiazole rings is 1. The smallest absolute Gasteiger partial charge is 0.261 e. The molecule has 34 heavy (non-hydrogen) atoms. The van der Waals surface area contributed by atoms with Crippen LogP contribution in [0.15, 0.2) is 60.7 Å². The fourth-order valence-corrected chi connectivity index (χ4v) is 4.80. The third kappa shape index (κ3) is 3.65. The van der Waals surface area contributed by atoms with Crippen molar-refractivity contribution in [1.82, 2.24) is 9.88 Å². The van der Waals surface area contributed by atoms with Crippen LogP contribution in [-0.4, -0.2) is 41.8 Å². The van der Waals surface area contributed by atoms with Crippen molar-refractivity contribution in [3.63, 3.8) is 0 Å². The van der Waals surface area contributed by atoms with Crippen LogP contribution in [0.1, 0.15) is 36.6 Å². The molecule has 0 aliphatic carbocycles. The van der Waals surface area contributed by atoms with Gasteiger partial charge >= 0.3 is 0 Å². The minimum absolute atomic E-state index is 0.0753. The number of ether oxygens (including phenoxy) is 2. The number of hydrogen-bond donors (Lipinski definition) is 1. The highest BCUT2D eigenvalue weighted by Gasteiger charge is 2.36. The highest BCUT2D eigenvalue weighted by molar-refractivity contribution is 7.22. The van der Waals surface area contributed by atoms with Gasteiger partial charge in [-0.3, -0.25) is 24.6 Å². The summed E-state index contributed by atoms with van der Waals surface area (Å²) in [6, 6.07) is 17.4. The van der Waals surface area contributed by atoms with E-state index in [4.69, 9.17) is 9.47 Å². The molecule has 0 saturated carbocycles. The Labute approximate surface area is 198 Å². The monoisotopic (exact) mass is 473 g/mol. The number of carbonyl (C=O) groups excluding carboxylic acids is 3. The Morgan fingerprint density at radius 2 is 1.65 bits per heavy atom. The highest BCUT2D eigenvalue weighted by Crippen LogP contribution is 2.36. The molecular weight excluding hydrogens is 454 g/mol. The number of rotatable bonds is 6. The topological polar surface area (TPSA) is 97.8 Å². The molecule has 4 aromatic rings. The number of benzene rings is 3. The Kier molecular flexibility index (Phi) is 5.46. The van der Waals surface area contributed by atoms with Crippen molar-refractivity contribution in [3.05, 3.63) is 82.9 Å². The predicted octanol–water partition coefficient (Wildman–Crippen LogP) is 4.36. The van der Waals surface area contributed by atoms with E-state index in [1.54, 1.807) is 36.4 Å². The average molecular weight is 474 g/mol. The van der Waals surface area contributed by atoms with E-state index >= 15 is 0 Å². The first kappa shape index (κ1) is 21.6. The number of hydrogen-bond acceptors (Lipinski definition) is 7. The molecule has 1 aliphatic heterocycles. The highest BCUT2D eigenvalue weighted by atomic mass is 32.1. The largest absolute Gasteiger partial charge is 0.493 e. The van der Waals surface area contributed by atoms with Gasteiger partial charge in [-0.25, -0.2) is 4.98 Å². The molecule has 8 nitrogen and oxygen atoms in total. The molecular formula is C25H19N3O5S. The second-order valence-corrected chi connectivity index (χ2v) is 8.58. The fraction of sp³-hybridized carbons (Fsp3) is 0.120. The van der Waals surface area contributed by atoms with Gasteiger partial charge in [-0.15, -0.1) is 0 Å². The maximum atomic E-state index is 13.1. The van der Waals surface area contributed by atoms with Gasteiger partial charge in [-0.05, 0) is 36.4 Å². The Bertz CT molecular complexity index is 1390. The van der Waals surface area contributed by atoms with Crippen molar-refractivity contribution in [2.24, 2.45) is 0 Å². The van der Waals surface area contributed by atoms with E-state index in [0.29, 0.717) is 33.3 Å². The molecule has 0 saturated heterocycles. The second-order valence-electron chi connectivity index (χ2n) is 7.55. The number of aromatic nitrogens is 1. The van der Waals surface area contributed by atoms with Crippen LogP contribution in [0, 0.1) is 0 Å². The number of carbonyl (C=O) groups is 3. The quantitative estimate of drug-likeness (QED) is 0.418. The van der Waals surface area contributed by atoms with Gasteiger partial charge in [0.15, 0.2) is 16.6 Å². The molecule has 1 aromatic heterocycles. The Hall–Kier alpha value is -4.24. The number of para-hydroxylation sites is 1. The third-order valence-electron chi connectivity index (χ3n) is 5.54. The van der Waals surface area contributed by atoms with Crippen LogP contribution in [0.3, 0.4) is 0 Å². The summed E-state index contributed by atoms with van der Waals surface area (Å²) in [4.78, 5) is 44.4. The van der Waals surface area contributed by atoms with Crippen molar-refractivity contribution in [3.8, 4) is 11.5 Å². The zero-order chi connectivity index (χ0) is 23.8. The van der Waals surface area contributed by atoms with Crippen LogP contribution < -0.4 is 14.8 Å². The van der Waals surface area contributed by atoms with Crippen LogP contribution in [-0.2, 0) is 6.54 Å². The van der Waals surface area contributed by atoms with Crippen LogP contribution in [0.4, 0.5) is 5.13 Å². The lowest BCUT2D eigenvalue weighted by atomic mass is 10.1. The van der Waals surface area contributed by atoms with Gasteiger partial charge in [0.1, 0.15) is 0 Å². The van der Waals surface area contributed by atoms with E-state index in [-0.39, 0.29) is 12.1 Å². The van der Waals surface area contributed by atoms with Gasteiger partial charge in [0.05, 0.1) is 42.1 Å². The summed E-state index contributed by atoms with van der Waals surface area (Å²) in [5.74, 6) is -0.540. The number of nitrogens with zero attached hydrogens (tertiary/aromatic N) is 2. The average Bonchev–Trinajstić information content (AvgIpc) is 3.37. The van der Waals surface area contributed by atoms with Crippen molar-refractivity contribution in [2.45, 2.75) is 6.54 Å². The molecule has 3 aromatic carbocycles.